The van der Waals surface area contributed by atoms with Crippen molar-refractivity contribution in [2.24, 2.45) is 0 Å². The lowest BCUT2D eigenvalue weighted by Gasteiger charge is -2.21. The number of hydrogen-bond donors (Lipinski definition) is 1. The number of aryl methyl sites for hydroxylation is 2. The Hall–Kier alpha value is -1.06. The molecule has 1 heterocycles. The van der Waals surface area contributed by atoms with E-state index >= 15 is 0 Å². The maximum atomic E-state index is 5.59. The molecule has 2 unspecified atom stereocenters. The largest absolute Gasteiger partial charge is 0.453 e. The number of rotatable bonds is 4. The first-order valence-electron chi connectivity index (χ1n) is 6.56. The van der Waals surface area contributed by atoms with Crippen molar-refractivity contribution in [1.82, 2.24) is 5.32 Å². The van der Waals surface area contributed by atoms with E-state index in [1.165, 1.54) is 16.7 Å². The fraction of sp³-hybridized carbons (Fsp3) is 0.375. The normalized spacial score (nSPS) is 14.4. The summed E-state index contributed by atoms with van der Waals surface area (Å²) >= 11 is 3.34. The zero-order valence-electron chi connectivity index (χ0n) is 11.8. The number of halogens is 1. The Bertz CT molecular complexity index is 562. The second-order valence-electron chi connectivity index (χ2n) is 5.11. The number of furan rings is 1. The van der Waals surface area contributed by atoms with E-state index in [9.17, 15) is 0 Å². The second-order valence-corrected chi connectivity index (χ2v) is 5.89. The minimum absolute atomic E-state index is 0.182. The van der Waals surface area contributed by atoms with Gasteiger partial charge in [-0.2, -0.15) is 0 Å². The van der Waals surface area contributed by atoms with Gasteiger partial charge in [-0.05, 0) is 66.9 Å². The van der Waals surface area contributed by atoms with Crippen molar-refractivity contribution in [1.29, 1.82) is 0 Å². The van der Waals surface area contributed by atoms with Crippen LogP contribution >= 0.6 is 15.9 Å². The fourth-order valence-electron chi connectivity index (χ4n) is 2.33. The quantitative estimate of drug-likeness (QED) is 0.850. The molecule has 1 N–H and O–H groups in total. The zero-order chi connectivity index (χ0) is 14.0. The standard InChI is InChI=1S/C16H20BrNO/c1-10-5-6-11(2)14(9-10)12(3)18-13(4)15-7-8-16(17)19-15/h5-9,12-13,18H,1-4H3. The smallest absolute Gasteiger partial charge is 0.169 e. The summed E-state index contributed by atoms with van der Waals surface area (Å²) in [6.07, 6.45) is 0. The van der Waals surface area contributed by atoms with E-state index in [1.54, 1.807) is 0 Å². The lowest BCUT2D eigenvalue weighted by atomic mass is 9.99. The summed E-state index contributed by atoms with van der Waals surface area (Å²) in [7, 11) is 0. The average Bonchev–Trinajstić information content (AvgIpc) is 2.79. The van der Waals surface area contributed by atoms with Crippen LogP contribution in [0.25, 0.3) is 0 Å². The molecule has 0 radical (unpaired) electrons. The maximum Gasteiger partial charge on any atom is 0.169 e. The summed E-state index contributed by atoms with van der Waals surface area (Å²) in [5.41, 5.74) is 3.96. The number of nitrogens with one attached hydrogen (secondary N) is 1. The van der Waals surface area contributed by atoms with Crippen molar-refractivity contribution in [2.75, 3.05) is 0 Å². The van der Waals surface area contributed by atoms with Crippen molar-refractivity contribution >= 4 is 15.9 Å². The molecule has 1 aromatic carbocycles. The molecule has 1 aromatic heterocycles. The molecule has 0 fully saturated rings. The summed E-state index contributed by atoms with van der Waals surface area (Å²) in [6.45, 7) is 8.59. The molecule has 102 valence electrons. The van der Waals surface area contributed by atoms with Crippen LogP contribution in [-0.4, -0.2) is 0 Å². The van der Waals surface area contributed by atoms with Crippen molar-refractivity contribution in [2.45, 2.75) is 39.8 Å². The molecule has 2 nitrogen and oxygen atoms in total. The van der Waals surface area contributed by atoms with Gasteiger partial charge in [-0.15, -0.1) is 0 Å². The van der Waals surface area contributed by atoms with Gasteiger partial charge < -0.3 is 9.73 Å². The van der Waals surface area contributed by atoms with E-state index in [-0.39, 0.29) is 6.04 Å². The first-order valence-corrected chi connectivity index (χ1v) is 7.35. The summed E-state index contributed by atoms with van der Waals surface area (Å²) in [5, 5.41) is 3.58. The van der Waals surface area contributed by atoms with Gasteiger partial charge in [0.2, 0.25) is 0 Å². The van der Waals surface area contributed by atoms with Crippen molar-refractivity contribution < 1.29 is 4.42 Å². The number of hydrogen-bond acceptors (Lipinski definition) is 2. The van der Waals surface area contributed by atoms with Crippen molar-refractivity contribution in [3.63, 3.8) is 0 Å². The molecule has 0 bridgehead atoms. The minimum Gasteiger partial charge on any atom is -0.453 e. The third kappa shape index (κ3) is 3.48. The topological polar surface area (TPSA) is 25.2 Å². The Balaban J connectivity index is 2.12. The van der Waals surface area contributed by atoms with Crippen molar-refractivity contribution in [3.8, 4) is 0 Å². The van der Waals surface area contributed by atoms with Crippen LogP contribution in [0, 0.1) is 13.8 Å². The SMILES string of the molecule is Cc1ccc(C)c(C(C)NC(C)c2ccc(Br)o2)c1. The molecule has 2 aromatic rings. The fourth-order valence-corrected chi connectivity index (χ4v) is 2.65. The molecule has 19 heavy (non-hydrogen) atoms. The number of benzene rings is 1. The highest BCUT2D eigenvalue weighted by Crippen LogP contribution is 2.25. The highest BCUT2D eigenvalue weighted by Gasteiger charge is 2.15. The molecule has 0 aliphatic rings. The lowest BCUT2D eigenvalue weighted by molar-refractivity contribution is 0.393. The van der Waals surface area contributed by atoms with E-state index in [2.05, 4.69) is 67.1 Å². The van der Waals surface area contributed by atoms with Gasteiger partial charge in [0.15, 0.2) is 4.67 Å². The van der Waals surface area contributed by atoms with E-state index in [0.29, 0.717) is 6.04 Å². The predicted molar refractivity (Wildman–Crippen MR) is 82.3 cm³/mol. The Morgan fingerprint density at radius 3 is 2.42 bits per heavy atom. The maximum absolute atomic E-state index is 5.59. The van der Waals surface area contributed by atoms with Crippen LogP contribution in [0.15, 0.2) is 39.4 Å². The zero-order valence-corrected chi connectivity index (χ0v) is 13.4. The van der Waals surface area contributed by atoms with E-state index < -0.39 is 0 Å². The van der Waals surface area contributed by atoms with E-state index in [1.807, 2.05) is 12.1 Å². The lowest BCUT2D eigenvalue weighted by Crippen LogP contribution is -2.22. The van der Waals surface area contributed by atoms with Crippen LogP contribution in [0.2, 0.25) is 0 Å². The Labute approximate surface area is 123 Å². The van der Waals surface area contributed by atoms with Gasteiger partial charge in [0.1, 0.15) is 5.76 Å². The Morgan fingerprint density at radius 1 is 1.05 bits per heavy atom. The van der Waals surface area contributed by atoms with E-state index in [0.717, 1.165) is 10.4 Å². The van der Waals surface area contributed by atoms with Crippen LogP contribution in [-0.2, 0) is 0 Å². The van der Waals surface area contributed by atoms with Crippen LogP contribution < -0.4 is 5.32 Å². The first kappa shape index (κ1) is 14.4. The predicted octanol–water partition coefficient (Wildman–Crippen LogP) is 5.07. The first-order chi connectivity index (χ1) is 8.97. The van der Waals surface area contributed by atoms with Gasteiger partial charge in [-0.25, -0.2) is 0 Å². The average molecular weight is 322 g/mol. The summed E-state index contributed by atoms with van der Waals surface area (Å²) in [5.74, 6) is 0.948. The summed E-state index contributed by atoms with van der Waals surface area (Å²) < 4.78 is 6.36. The Kier molecular flexibility index (Phi) is 4.48. The molecular weight excluding hydrogens is 302 g/mol. The molecule has 3 heteroatoms. The monoisotopic (exact) mass is 321 g/mol. The highest BCUT2D eigenvalue weighted by molar-refractivity contribution is 9.10. The molecule has 0 aliphatic carbocycles. The van der Waals surface area contributed by atoms with Gasteiger partial charge in [0.05, 0.1) is 6.04 Å². The van der Waals surface area contributed by atoms with Crippen LogP contribution in [0.4, 0.5) is 0 Å². The van der Waals surface area contributed by atoms with Crippen molar-refractivity contribution in [3.05, 3.63) is 57.5 Å². The van der Waals surface area contributed by atoms with Crippen LogP contribution in [0.5, 0.6) is 0 Å². The summed E-state index contributed by atoms with van der Waals surface area (Å²) in [4.78, 5) is 0. The molecule has 2 rings (SSSR count). The highest BCUT2D eigenvalue weighted by atomic mass is 79.9. The molecule has 0 aliphatic heterocycles. The molecule has 2 atom stereocenters. The molecule has 0 spiro atoms. The van der Waals surface area contributed by atoms with Crippen LogP contribution in [0.1, 0.15) is 48.4 Å². The van der Waals surface area contributed by atoms with Gasteiger partial charge in [0, 0.05) is 6.04 Å². The van der Waals surface area contributed by atoms with Gasteiger partial charge in [-0.1, -0.05) is 23.8 Å². The minimum atomic E-state index is 0.182. The molecular formula is C16H20BrNO. The van der Waals surface area contributed by atoms with Gasteiger partial charge in [0.25, 0.3) is 0 Å². The Morgan fingerprint density at radius 2 is 1.79 bits per heavy atom. The van der Waals surface area contributed by atoms with Crippen LogP contribution in [0.3, 0.4) is 0 Å². The molecule has 0 saturated carbocycles. The third-order valence-electron chi connectivity index (χ3n) is 3.42. The summed E-state index contributed by atoms with van der Waals surface area (Å²) in [6, 6.07) is 11.0. The molecule has 0 saturated heterocycles. The van der Waals surface area contributed by atoms with E-state index in [4.69, 9.17) is 4.42 Å². The van der Waals surface area contributed by atoms with Gasteiger partial charge in [-0.3, -0.25) is 0 Å². The van der Waals surface area contributed by atoms with Gasteiger partial charge >= 0.3 is 0 Å². The molecule has 0 amide bonds. The third-order valence-corrected chi connectivity index (χ3v) is 3.85. The second kappa shape index (κ2) is 5.93.